The predicted molar refractivity (Wildman–Crippen MR) is 173 cm³/mol. The van der Waals surface area contributed by atoms with Gasteiger partial charge in [-0.05, 0) is 89.1 Å². The molecule has 2 aromatic heterocycles. The first-order valence-electron chi connectivity index (χ1n) is 15.3. The van der Waals surface area contributed by atoms with E-state index in [9.17, 15) is 29.0 Å². The minimum Gasteiger partial charge on any atom is -0.489 e. The summed E-state index contributed by atoms with van der Waals surface area (Å²) >= 11 is 0. The Bertz CT molecular complexity index is 1850. The lowest BCUT2D eigenvalue weighted by Gasteiger charge is -2.26. The van der Waals surface area contributed by atoms with E-state index in [1.807, 2.05) is 0 Å². The van der Waals surface area contributed by atoms with Gasteiger partial charge in [0, 0.05) is 41.1 Å². The van der Waals surface area contributed by atoms with Crippen molar-refractivity contribution in [3.63, 3.8) is 0 Å². The summed E-state index contributed by atoms with van der Waals surface area (Å²) in [6, 6.07) is 13.9. The Labute approximate surface area is 271 Å². The highest BCUT2D eigenvalue weighted by Gasteiger charge is 2.45. The number of primary amides is 1. The highest BCUT2D eigenvalue weighted by atomic mass is 19.1. The number of pyridine rings is 2. The molecule has 0 spiro atoms. The second kappa shape index (κ2) is 12.8. The number of hydrogen-bond donors (Lipinski definition) is 3. The van der Waals surface area contributed by atoms with Gasteiger partial charge >= 0.3 is 0 Å². The molecular formula is C36H38FN3O7. The van der Waals surface area contributed by atoms with Crippen LogP contribution in [0.2, 0.25) is 0 Å². The summed E-state index contributed by atoms with van der Waals surface area (Å²) in [5.41, 5.74) is 4.21. The second-order valence-corrected chi connectivity index (χ2v) is 13.1. The number of carbonyl (C=O) groups is 3. The third kappa shape index (κ3) is 7.31. The first kappa shape index (κ1) is 33.6. The first-order valence-corrected chi connectivity index (χ1v) is 15.3. The number of aromatic nitrogens is 2. The Morgan fingerprint density at radius 2 is 1.77 bits per heavy atom. The van der Waals surface area contributed by atoms with E-state index in [0.717, 1.165) is 0 Å². The topological polar surface area (TPSA) is 162 Å². The van der Waals surface area contributed by atoms with Crippen molar-refractivity contribution in [2.75, 3.05) is 13.2 Å². The van der Waals surface area contributed by atoms with E-state index < -0.39 is 28.3 Å². The fourth-order valence-corrected chi connectivity index (χ4v) is 5.40. The van der Waals surface area contributed by atoms with Gasteiger partial charge in [-0.2, -0.15) is 0 Å². The molecule has 4 aromatic rings. The molecule has 1 aliphatic rings. The fourth-order valence-electron chi connectivity index (χ4n) is 5.40. The number of benzene rings is 2. The van der Waals surface area contributed by atoms with Crippen molar-refractivity contribution >= 4 is 28.4 Å². The van der Waals surface area contributed by atoms with Crippen LogP contribution in [-0.2, 0) is 20.6 Å². The van der Waals surface area contributed by atoms with E-state index in [1.165, 1.54) is 37.3 Å². The number of nitrogens with zero attached hydrogens (tertiary/aromatic N) is 2. The highest BCUT2D eigenvalue weighted by molar-refractivity contribution is 6.01. The van der Waals surface area contributed by atoms with Crippen molar-refractivity contribution in [2.24, 2.45) is 5.73 Å². The molecule has 11 heteroatoms. The molecule has 4 N–H and O–H groups in total. The molecular weight excluding hydrogens is 605 g/mol. The molecule has 1 aliphatic heterocycles. The number of Topliss-reactive ketones (excluding diaryl/α,β-unsaturated/α-hetero) is 2. The van der Waals surface area contributed by atoms with E-state index in [1.54, 1.807) is 51.2 Å². The number of amides is 1. The van der Waals surface area contributed by atoms with Crippen LogP contribution in [0.4, 0.5) is 4.39 Å². The summed E-state index contributed by atoms with van der Waals surface area (Å²) in [6.07, 6.45) is 1.88. The van der Waals surface area contributed by atoms with Gasteiger partial charge in [0.05, 0.1) is 11.3 Å². The minimum atomic E-state index is -1.63. The van der Waals surface area contributed by atoms with Gasteiger partial charge in [0.1, 0.15) is 52.8 Å². The molecule has 0 fully saturated rings. The minimum absolute atomic E-state index is 0.0239. The molecule has 47 heavy (non-hydrogen) atoms. The lowest BCUT2D eigenvalue weighted by molar-refractivity contribution is -0.123. The van der Waals surface area contributed by atoms with Crippen molar-refractivity contribution < 1.29 is 38.5 Å². The molecule has 0 unspecified atom stereocenters. The van der Waals surface area contributed by atoms with E-state index in [4.69, 9.17) is 15.2 Å². The molecule has 0 saturated heterocycles. The van der Waals surface area contributed by atoms with Crippen LogP contribution in [0.25, 0.3) is 22.2 Å². The molecule has 2 aromatic carbocycles. The fraction of sp³-hybridized carbons (Fsp3) is 0.361. The number of fused-ring (bicyclic) bond motifs is 2. The Kier molecular flexibility index (Phi) is 9.16. The van der Waals surface area contributed by atoms with Crippen LogP contribution in [-0.4, -0.2) is 56.5 Å². The Morgan fingerprint density at radius 1 is 1.04 bits per heavy atom. The largest absolute Gasteiger partial charge is 0.489 e. The number of carbonyl (C=O) groups excluding carboxylic acids is 3. The zero-order chi connectivity index (χ0) is 34.1. The Balaban J connectivity index is 1.40. The number of rotatable bonds is 13. The van der Waals surface area contributed by atoms with Crippen LogP contribution in [0.5, 0.6) is 11.5 Å². The van der Waals surface area contributed by atoms with Crippen LogP contribution in [0.1, 0.15) is 75.0 Å². The van der Waals surface area contributed by atoms with Crippen molar-refractivity contribution in [1.29, 1.82) is 0 Å². The SMILES string of the molecule is CC(C)(O)CCC(=O)COc1cc(C(=O)CC[C@](C)(O)c2cc3c(c(-c4ccc(F)cc4)n2)OC[C@]3(C)C(N)=O)cc2cccnc12. The van der Waals surface area contributed by atoms with Crippen molar-refractivity contribution in [3.05, 3.63) is 83.4 Å². The summed E-state index contributed by atoms with van der Waals surface area (Å²) in [7, 11) is 0. The van der Waals surface area contributed by atoms with Gasteiger partial charge < -0.3 is 25.4 Å². The number of nitrogens with two attached hydrogens (primary N) is 1. The molecule has 3 heterocycles. The summed E-state index contributed by atoms with van der Waals surface area (Å²) in [5.74, 6) is -0.960. The lowest BCUT2D eigenvalue weighted by Crippen LogP contribution is -2.40. The maximum atomic E-state index is 13.7. The molecule has 5 rings (SSSR count). The summed E-state index contributed by atoms with van der Waals surface area (Å²) in [4.78, 5) is 47.5. The molecule has 1 amide bonds. The lowest BCUT2D eigenvalue weighted by atomic mass is 9.81. The van der Waals surface area contributed by atoms with E-state index in [0.29, 0.717) is 39.0 Å². The molecule has 2 atom stereocenters. The van der Waals surface area contributed by atoms with Gasteiger partial charge in [-0.1, -0.05) is 6.07 Å². The third-order valence-electron chi connectivity index (χ3n) is 8.52. The van der Waals surface area contributed by atoms with Crippen molar-refractivity contribution in [3.8, 4) is 22.8 Å². The number of hydrogen-bond acceptors (Lipinski definition) is 9. The zero-order valence-electron chi connectivity index (χ0n) is 26.8. The smallest absolute Gasteiger partial charge is 0.231 e. The van der Waals surface area contributed by atoms with E-state index in [2.05, 4.69) is 9.97 Å². The van der Waals surface area contributed by atoms with Gasteiger partial charge in [0.2, 0.25) is 5.91 Å². The number of ether oxygens (including phenoxy) is 2. The molecule has 246 valence electrons. The van der Waals surface area contributed by atoms with Gasteiger partial charge in [-0.3, -0.25) is 19.4 Å². The molecule has 10 nitrogen and oxygen atoms in total. The standard InChI is InChI=1S/C36H38FN3O7/c1-34(2,44)13-11-25(41)19-46-28-17-23(16-22-6-5-15-39-30(22)28)27(42)12-14-36(4,45)29-18-26-32(47-20-35(26,3)33(38)43)31(40-29)21-7-9-24(37)10-8-21/h5-10,15-18,44-45H,11-14,19-20H2,1-4H3,(H2,38,43)/t35-,36-/m0/s1. The van der Waals surface area contributed by atoms with Gasteiger partial charge in [0.15, 0.2) is 11.6 Å². The molecule has 0 aliphatic carbocycles. The average Bonchev–Trinajstić information content (AvgIpc) is 3.38. The highest BCUT2D eigenvalue weighted by Crippen LogP contribution is 2.46. The van der Waals surface area contributed by atoms with Crippen molar-refractivity contribution in [2.45, 2.75) is 70.0 Å². The second-order valence-electron chi connectivity index (χ2n) is 13.1. The van der Waals surface area contributed by atoms with Crippen LogP contribution >= 0.6 is 0 Å². The summed E-state index contributed by atoms with van der Waals surface area (Å²) in [6.45, 7) is 6.16. The van der Waals surface area contributed by atoms with Crippen LogP contribution < -0.4 is 15.2 Å². The normalized spacial score (nSPS) is 17.1. The first-order chi connectivity index (χ1) is 22.1. The Morgan fingerprint density at radius 3 is 2.45 bits per heavy atom. The van der Waals surface area contributed by atoms with Crippen LogP contribution in [0.15, 0.2) is 60.8 Å². The molecule has 0 saturated carbocycles. The van der Waals surface area contributed by atoms with Gasteiger partial charge in [0.25, 0.3) is 0 Å². The quantitative estimate of drug-likeness (QED) is 0.171. The molecule has 0 bridgehead atoms. The monoisotopic (exact) mass is 643 g/mol. The zero-order valence-corrected chi connectivity index (χ0v) is 26.8. The average molecular weight is 644 g/mol. The van der Waals surface area contributed by atoms with Gasteiger partial charge in [-0.25, -0.2) is 9.37 Å². The third-order valence-corrected chi connectivity index (χ3v) is 8.52. The summed E-state index contributed by atoms with van der Waals surface area (Å²) < 4.78 is 25.4. The molecule has 0 radical (unpaired) electrons. The predicted octanol–water partition coefficient (Wildman–Crippen LogP) is 4.94. The van der Waals surface area contributed by atoms with Gasteiger partial charge in [-0.15, -0.1) is 0 Å². The maximum absolute atomic E-state index is 13.7. The van der Waals surface area contributed by atoms with E-state index >= 15 is 0 Å². The number of ketones is 2. The maximum Gasteiger partial charge on any atom is 0.231 e. The van der Waals surface area contributed by atoms with Crippen LogP contribution in [0.3, 0.4) is 0 Å². The van der Waals surface area contributed by atoms with Crippen LogP contribution in [0, 0.1) is 5.82 Å². The number of halogens is 1. The Hall–Kier alpha value is -4.74. The van der Waals surface area contributed by atoms with Crippen molar-refractivity contribution in [1.82, 2.24) is 9.97 Å². The summed E-state index contributed by atoms with van der Waals surface area (Å²) in [5, 5.41) is 22.3. The van der Waals surface area contributed by atoms with E-state index in [-0.39, 0.29) is 61.9 Å². The number of aliphatic hydroxyl groups is 2.